The average molecular weight is 288 g/mol. The molecule has 0 saturated heterocycles. The van der Waals surface area contributed by atoms with Gasteiger partial charge in [-0.2, -0.15) is 0 Å². The van der Waals surface area contributed by atoms with Crippen molar-refractivity contribution in [3.05, 3.63) is 24.5 Å². The molecule has 112 valence electrons. The Balaban J connectivity index is 2.14. The highest BCUT2D eigenvalue weighted by Crippen LogP contribution is 2.17. The Morgan fingerprint density at radius 2 is 2.05 bits per heavy atom. The molecular formula is C15H20N4O2. The largest absolute Gasteiger partial charge is 0.345 e. The number of benzene rings is 1. The van der Waals surface area contributed by atoms with Crippen LogP contribution in [0.3, 0.4) is 0 Å². The third-order valence-corrected chi connectivity index (χ3v) is 3.24. The van der Waals surface area contributed by atoms with Crippen LogP contribution in [-0.2, 0) is 9.59 Å². The predicted molar refractivity (Wildman–Crippen MR) is 81.9 cm³/mol. The first-order valence-electron chi connectivity index (χ1n) is 6.89. The van der Waals surface area contributed by atoms with Gasteiger partial charge in [0.25, 0.3) is 0 Å². The Kier molecular flexibility index (Phi) is 3.97. The molecule has 1 aromatic carbocycles. The molecule has 0 fully saturated rings. The number of carbonyl (C=O) groups is 2. The second-order valence-corrected chi connectivity index (χ2v) is 5.81. The molecule has 0 radical (unpaired) electrons. The van der Waals surface area contributed by atoms with Crippen molar-refractivity contribution in [2.45, 2.75) is 33.2 Å². The molecule has 2 N–H and O–H groups in total. The van der Waals surface area contributed by atoms with E-state index in [2.05, 4.69) is 15.3 Å². The summed E-state index contributed by atoms with van der Waals surface area (Å²) in [6.07, 6.45) is 1.58. The number of aromatic amines is 1. The molecular weight excluding hydrogens is 268 g/mol. The number of aromatic nitrogens is 2. The van der Waals surface area contributed by atoms with Gasteiger partial charge in [0.15, 0.2) is 0 Å². The van der Waals surface area contributed by atoms with Gasteiger partial charge in [0.1, 0.15) is 0 Å². The summed E-state index contributed by atoms with van der Waals surface area (Å²) in [5, 5.41) is 2.63. The number of carbonyl (C=O) groups excluding carboxylic acids is 2. The van der Waals surface area contributed by atoms with Gasteiger partial charge in [-0.05, 0) is 45.9 Å². The Labute approximate surface area is 123 Å². The Morgan fingerprint density at radius 1 is 1.33 bits per heavy atom. The first-order chi connectivity index (χ1) is 9.82. The zero-order valence-electron chi connectivity index (χ0n) is 12.7. The van der Waals surface area contributed by atoms with Crippen LogP contribution in [0.4, 0.5) is 5.69 Å². The van der Waals surface area contributed by atoms with Crippen molar-refractivity contribution >= 4 is 28.5 Å². The summed E-state index contributed by atoms with van der Waals surface area (Å²) in [6, 6.07) is 5.26. The molecule has 6 nitrogen and oxygen atoms in total. The number of nitrogens with one attached hydrogen (secondary N) is 2. The zero-order valence-corrected chi connectivity index (χ0v) is 12.7. The van der Waals surface area contributed by atoms with Gasteiger partial charge in [-0.1, -0.05) is 0 Å². The number of anilines is 1. The van der Waals surface area contributed by atoms with Gasteiger partial charge >= 0.3 is 11.8 Å². The van der Waals surface area contributed by atoms with E-state index in [1.807, 2.05) is 27.7 Å². The van der Waals surface area contributed by atoms with E-state index in [1.54, 1.807) is 24.5 Å². The number of nitrogens with zero attached hydrogens (tertiary/aromatic N) is 2. The minimum Gasteiger partial charge on any atom is -0.345 e. The van der Waals surface area contributed by atoms with E-state index >= 15 is 0 Å². The number of imidazole rings is 1. The smallest absolute Gasteiger partial charge is 0.313 e. The molecule has 0 bridgehead atoms. The Morgan fingerprint density at radius 3 is 2.67 bits per heavy atom. The van der Waals surface area contributed by atoms with Crippen LogP contribution < -0.4 is 5.32 Å². The third-order valence-electron chi connectivity index (χ3n) is 3.24. The van der Waals surface area contributed by atoms with Crippen LogP contribution in [0.25, 0.3) is 11.0 Å². The van der Waals surface area contributed by atoms with Crippen LogP contribution >= 0.6 is 0 Å². The standard InChI is InChI=1S/C15H20N4O2/c1-5-19(15(2,3)4)14(21)13(20)18-10-6-7-11-12(8-10)17-9-16-11/h6-9H,5H2,1-4H3,(H,16,17)(H,18,20). The van der Waals surface area contributed by atoms with Crippen LogP contribution in [0.5, 0.6) is 0 Å². The fourth-order valence-electron chi connectivity index (χ4n) is 2.24. The summed E-state index contributed by atoms with van der Waals surface area (Å²) < 4.78 is 0. The zero-order chi connectivity index (χ0) is 15.6. The number of hydrogen-bond acceptors (Lipinski definition) is 3. The van der Waals surface area contributed by atoms with Crippen LogP contribution in [0, 0.1) is 0 Å². The lowest BCUT2D eigenvalue weighted by Gasteiger charge is -2.34. The van der Waals surface area contributed by atoms with Crippen molar-refractivity contribution in [1.29, 1.82) is 0 Å². The quantitative estimate of drug-likeness (QED) is 0.831. The van der Waals surface area contributed by atoms with Gasteiger partial charge in [0.2, 0.25) is 0 Å². The number of likely N-dealkylation sites (N-methyl/N-ethyl adjacent to an activating group) is 1. The highest BCUT2D eigenvalue weighted by atomic mass is 16.2. The molecule has 0 aliphatic rings. The van der Waals surface area contributed by atoms with Gasteiger partial charge in [-0.3, -0.25) is 9.59 Å². The Bertz CT molecular complexity index is 670. The van der Waals surface area contributed by atoms with Gasteiger partial charge in [-0.15, -0.1) is 0 Å². The summed E-state index contributed by atoms with van der Waals surface area (Å²) in [7, 11) is 0. The molecule has 1 aromatic heterocycles. The van der Waals surface area contributed by atoms with Crippen molar-refractivity contribution in [1.82, 2.24) is 14.9 Å². The molecule has 0 aliphatic heterocycles. The first-order valence-corrected chi connectivity index (χ1v) is 6.89. The molecule has 0 atom stereocenters. The number of fused-ring (bicyclic) bond motifs is 1. The molecule has 0 aliphatic carbocycles. The number of hydrogen-bond donors (Lipinski definition) is 2. The summed E-state index contributed by atoms with van der Waals surface area (Å²) in [4.78, 5) is 32.9. The van der Waals surface area contributed by atoms with E-state index in [4.69, 9.17) is 0 Å². The summed E-state index contributed by atoms with van der Waals surface area (Å²) >= 11 is 0. The van der Waals surface area contributed by atoms with Crippen molar-refractivity contribution in [3.63, 3.8) is 0 Å². The lowest BCUT2D eigenvalue weighted by molar-refractivity contribution is -0.146. The monoisotopic (exact) mass is 288 g/mol. The molecule has 0 unspecified atom stereocenters. The van der Waals surface area contributed by atoms with Crippen LogP contribution in [0.15, 0.2) is 24.5 Å². The van der Waals surface area contributed by atoms with Crippen LogP contribution in [-0.4, -0.2) is 38.8 Å². The van der Waals surface area contributed by atoms with E-state index in [9.17, 15) is 9.59 Å². The summed E-state index contributed by atoms with van der Waals surface area (Å²) in [5.74, 6) is -1.17. The summed E-state index contributed by atoms with van der Waals surface area (Å²) in [6.45, 7) is 8.04. The highest BCUT2D eigenvalue weighted by molar-refractivity contribution is 6.39. The van der Waals surface area contributed by atoms with E-state index in [1.165, 1.54) is 4.90 Å². The highest BCUT2D eigenvalue weighted by Gasteiger charge is 2.29. The maximum Gasteiger partial charge on any atom is 0.313 e. The molecule has 0 saturated carbocycles. The van der Waals surface area contributed by atoms with Crippen LogP contribution in [0.1, 0.15) is 27.7 Å². The molecule has 6 heteroatoms. The SMILES string of the molecule is CCN(C(=O)C(=O)Nc1ccc2nc[nH]c2c1)C(C)(C)C. The number of amides is 2. The molecule has 2 aromatic rings. The first kappa shape index (κ1) is 15.0. The maximum absolute atomic E-state index is 12.2. The average Bonchev–Trinajstić information content (AvgIpc) is 2.85. The van der Waals surface area contributed by atoms with Gasteiger partial charge < -0.3 is 15.2 Å². The fraction of sp³-hybridized carbons (Fsp3) is 0.400. The third kappa shape index (κ3) is 3.21. The summed E-state index contributed by atoms with van der Waals surface area (Å²) in [5.41, 5.74) is 1.79. The second kappa shape index (κ2) is 5.55. The van der Waals surface area contributed by atoms with Gasteiger partial charge in [0, 0.05) is 17.8 Å². The second-order valence-electron chi connectivity index (χ2n) is 5.81. The number of rotatable bonds is 2. The Hall–Kier alpha value is -2.37. The lowest BCUT2D eigenvalue weighted by Crippen LogP contribution is -2.49. The maximum atomic E-state index is 12.2. The van der Waals surface area contributed by atoms with Crippen molar-refractivity contribution < 1.29 is 9.59 Å². The van der Waals surface area contributed by atoms with E-state index in [0.29, 0.717) is 12.2 Å². The molecule has 2 amide bonds. The van der Waals surface area contributed by atoms with Crippen molar-refractivity contribution in [3.8, 4) is 0 Å². The van der Waals surface area contributed by atoms with E-state index in [-0.39, 0.29) is 0 Å². The molecule has 2 rings (SSSR count). The minimum atomic E-state index is -0.634. The van der Waals surface area contributed by atoms with E-state index < -0.39 is 17.4 Å². The number of H-pyrrole nitrogens is 1. The van der Waals surface area contributed by atoms with Gasteiger partial charge in [0.05, 0.1) is 17.4 Å². The molecule has 21 heavy (non-hydrogen) atoms. The topological polar surface area (TPSA) is 78.1 Å². The minimum absolute atomic E-state index is 0.392. The molecule has 0 spiro atoms. The van der Waals surface area contributed by atoms with Crippen LogP contribution in [0.2, 0.25) is 0 Å². The van der Waals surface area contributed by atoms with E-state index in [0.717, 1.165) is 11.0 Å². The van der Waals surface area contributed by atoms with Crippen molar-refractivity contribution in [2.24, 2.45) is 0 Å². The molecule has 1 heterocycles. The van der Waals surface area contributed by atoms with Crippen molar-refractivity contribution in [2.75, 3.05) is 11.9 Å². The lowest BCUT2D eigenvalue weighted by atomic mass is 10.1. The predicted octanol–water partition coefficient (Wildman–Crippen LogP) is 2.15. The fourth-order valence-corrected chi connectivity index (χ4v) is 2.24. The normalized spacial score (nSPS) is 11.4. The van der Waals surface area contributed by atoms with Gasteiger partial charge in [-0.25, -0.2) is 4.98 Å².